The van der Waals surface area contributed by atoms with Gasteiger partial charge in [0.2, 0.25) is 5.95 Å². The Kier molecular flexibility index (Phi) is 5.85. The van der Waals surface area contributed by atoms with Crippen molar-refractivity contribution in [2.75, 3.05) is 23.3 Å². The summed E-state index contributed by atoms with van der Waals surface area (Å²) in [7, 11) is 0. The van der Waals surface area contributed by atoms with Gasteiger partial charge in [-0.2, -0.15) is 15.1 Å². The molecule has 5 rings (SSSR count). The smallest absolute Gasteiger partial charge is 0.408 e. The molecule has 2 fully saturated rings. The average molecular weight is 453 g/mol. The van der Waals surface area contributed by atoms with Gasteiger partial charge in [-0.15, -0.1) is 0 Å². The highest BCUT2D eigenvalue weighted by atomic mass is 16.6. The molecule has 1 saturated heterocycles. The zero-order valence-corrected chi connectivity index (χ0v) is 20.1. The number of aromatic nitrogens is 5. The molecule has 0 radical (unpaired) electrons. The number of H-pyrrole nitrogens is 1. The first-order valence-corrected chi connectivity index (χ1v) is 11.4. The maximum absolute atomic E-state index is 12.3. The number of hydrogen-bond acceptors (Lipinski definition) is 8. The molecule has 2 unspecified atom stereocenters. The molecular weight excluding hydrogens is 420 g/mol. The number of carbonyl (C=O) groups excluding carboxylic acids is 1. The van der Waals surface area contributed by atoms with E-state index in [1.165, 1.54) is 0 Å². The zero-order chi connectivity index (χ0) is 23.8. The molecular formula is C23H32N8O2. The van der Waals surface area contributed by atoms with Crippen LogP contribution in [0, 0.1) is 12.8 Å². The van der Waals surface area contributed by atoms with Crippen LogP contribution >= 0.6 is 0 Å². The first-order valence-electron chi connectivity index (χ1n) is 11.4. The molecule has 10 heteroatoms. The Labute approximate surface area is 193 Å². The lowest BCUT2D eigenvalue weighted by atomic mass is 10.2. The van der Waals surface area contributed by atoms with Gasteiger partial charge >= 0.3 is 6.09 Å². The van der Waals surface area contributed by atoms with E-state index < -0.39 is 5.60 Å². The van der Waals surface area contributed by atoms with Crippen molar-refractivity contribution in [2.45, 2.75) is 59.1 Å². The monoisotopic (exact) mass is 452 g/mol. The fraction of sp³-hybridized carbons (Fsp3) is 0.522. The number of nitrogens with one attached hydrogen (secondary N) is 3. The van der Waals surface area contributed by atoms with Gasteiger partial charge in [-0.25, -0.2) is 9.78 Å². The van der Waals surface area contributed by atoms with E-state index in [-0.39, 0.29) is 11.6 Å². The number of piperidine rings is 1. The summed E-state index contributed by atoms with van der Waals surface area (Å²) in [6.45, 7) is 12.9. The van der Waals surface area contributed by atoms with Crippen molar-refractivity contribution in [1.82, 2.24) is 30.5 Å². The normalized spacial score (nSPS) is 21.2. The van der Waals surface area contributed by atoms with E-state index in [1.807, 2.05) is 59.7 Å². The van der Waals surface area contributed by atoms with Crippen LogP contribution in [-0.2, 0) is 4.74 Å². The predicted molar refractivity (Wildman–Crippen MR) is 128 cm³/mol. The minimum Gasteiger partial charge on any atom is -0.444 e. The van der Waals surface area contributed by atoms with Crippen molar-refractivity contribution in [3.63, 3.8) is 0 Å². The van der Waals surface area contributed by atoms with Crippen molar-refractivity contribution in [1.29, 1.82) is 0 Å². The van der Waals surface area contributed by atoms with Crippen LogP contribution in [0.4, 0.5) is 22.4 Å². The van der Waals surface area contributed by atoms with Crippen LogP contribution in [0.1, 0.15) is 46.7 Å². The molecule has 1 saturated carbocycles. The van der Waals surface area contributed by atoms with Crippen LogP contribution in [0.5, 0.6) is 0 Å². The fourth-order valence-corrected chi connectivity index (χ4v) is 4.13. The van der Waals surface area contributed by atoms with Crippen LogP contribution < -0.4 is 15.5 Å². The number of anilines is 3. The van der Waals surface area contributed by atoms with E-state index >= 15 is 0 Å². The van der Waals surface area contributed by atoms with Gasteiger partial charge in [0.05, 0.1) is 10.9 Å². The van der Waals surface area contributed by atoms with Crippen LogP contribution in [-0.4, -0.2) is 55.5 Å². The van der Waals surface area contributed by atoms with E-state index in [4.69, 9.17) is 9.72 Å². The number of rotatable bonds is 4. The predicted octanol–water partition coefficient (Wildman–Crippen LogP) is 3.93. The molecule has 3 aromatic heterocycles. The Balaban J connectivity index is 0.00000126. The molecule has 0 spiro atoms. The molecule has 33 heavy (non-hydrogen) atoms. The van der Waals surface area contributed by atoms with Gasteiger partial charge in [0.15, 0.2) is 11.5 Å². The summed E-state index contributed by atoms with van der Waals surface area (Å²) in [6.07, 6.45) is 2.27. The third kappa shape index (κ3) is 4.84. The summed E-state index contributed by atoms with van der Waals surface area (Å²) in [4.78, 5) is 28.3. The van der Waals surface area contributed by atoms with Gasteiger partial charge in [0.25, 0.3) is 0 Å². The molecule has 1 amide bonds. The van der Waals surface area contributed by atoms with Crippen LogP contribution in [0.2, 0.25) is 0 Å². The van der Waals surface area contributed by atoms with E-state index in [1.54, 1.807) is 6.20 Å². The number of aromatic amines is 1. The average Bonchev–Trinajstić information content (AvgIpc) is 3.05. The van der Waals surface area contributed by atoms with Gasteiger partial charge in [-0.1, -0.05) is 13.8 Å². The van der Waals surface area contributed by atoms with Crippen LogP contribution in [0.15, 0.2) is 24.4 Å². The first kappa shape index (κ1) is 22.8. The number of aryl methyl sites for hydroxylation is 1. The van der Waals surface area contributed by atoms with E-state index in [9.17, 15) is 4.79 Å². The lowest BCUT2D eigenvalue weighted by molar-refractivity contribution is 0.0498. The first-order chi connectivity index (χ1) is 15.7. The van der Waals surface area contributed by atoms with Gasteiger partial charge < -0.3 is 20.3 Å². The number of fused-ring (bicyclic) bond motifs is 2. The molecule has 2 atom stereocenters. The lowest BCUT2D eigenvalue weighted by Crippen LogP contribution is -2.44. The topological polar surface area (TPSA) is 121 Å². The summed E-state index contributed by atoms with van der Waals surface area (Å²) in [5, 5.41) is 14.3. The van der Waals surface area contributed by atoms with Gasteiger partial charge in [0.1, 0.15) is 11.4 Å². The summed E-state index contributed by atoms with van der Waals surface area (Å²) in [5.74, 6) is 2.26. The van der Waals surface area contributed by atoms with Crippen molar-refractivity contribution in [2.24, 2.45) is 5.92 Å². The minimum absolute atomic E-state index is 0.280. The Morgan fingerprint density at radius 2 is 2.09 bits per heavy atom. The Hall–Kier alpha value is -3.43. The largest absolute Gasteiger partial charge is 0.444 e. The summed E-state index contributed by atoms with van der Waals surface area (Å²) in [5.41, 5.74) is 0.755. The van der Waals surface area contributed by atoms with E-state index in [0.29, 0.717) is 35.7 Å². The van der Waals surface area contributed by atoms with Crippen molar-refractivity contribution in [3.8, 4) is 0 Å². The second-order valence-corrected chi connectivity index (χ2v) is 9.37. The van der Waals surface area contributed by atoms with E-state index in [0.717, 1.165) is 24.0 Å². The standard InChI is InChI=1S/C21H26N8O2.C2H6/c1-12-8-15(28-27-12)23-17-14-6-5-7-22-16(14)24-18(25-17)29-10-13-9-21(13,11-29)26-19(30)31-20(2,3)4;1-2/h5-8,13H,9-11H2,1-4H3,(H,26,30)(H2,22,23,24,25,27,28);1-2H3. The zero-order valence-electron chi connectivity index (χ0n) is 20.1. The molecule has 3 N–H and O–H groups in total. The molecule has 2 aliphatic rings. The highest BCUT2D eigenvalue weighted by Gasteiger charge is 2.62. The highest BCUT2D eigenvalue weighted by Crippen LogP contribution is 2.50. The second kappa shape index (κ2) is 8.49. The fourth-order valence-electron chi connectivity index (χ4n) is 4.13. The Morgan fingerprint density at radius 3 is 2.79 bits per heavy atom. The molecule has 3 aromatic rings. The van der Waals surface area contributed by atoms with E-state index in [2.05, 4.69) is 35.7 Å². The van der Waals surface area contributed by atoms with Crippen molar-refractivity contribution in [3.05, 3.63) is 30.1 Å². The van der Waals surface area contributed by atoms with Crippen LogP contribution in [0.3, 0.4) is 0 Å². The number of amides is 1. The maximum Gasteiger partial charge on any atom is 0.408 e. The molecule has 4 heterocycles. The molecule has 0 aromatic carbocycles. The Morgan fingerprint density at radius 1 is 1.30 bits per heavy atom. The quantitative estimate of drug-likeness (QED) is 0.544. The summed E-state index contributed by atoms with van der Waals surface area (Å²) >= 11 is 0. The number of pyridine rings is 1. The minimum atomic E-state index is -0.526. The summed E-state index contributed by atoms with van der Waals surface area (Å²) < 4.78 is 5.45. The van der Waals surface area contributed by atoms with Crippen LogP contribution in [0.25, 0.3) is 11.0 Å². The van der Waals surface area contributed by atoms with Crippen molar-refractivity contribution < 1.29 is 9.53 Å². The molecule has 176 valence electrons. The van der Waals surface area contributed by atoms with Gasteiger partial charge in [0, 0.05) is 37.0 Å². The summed E-state index contributed by atoms with van der Waals surface area (Å²) in [6, 6.07) is 5.70. The number of alkyl carbamates (subject to hydrolysis) is 1. The van der Waals surface area contributed by atoms with Gasteiger partial charge in [-0.3, -0.25) is 5.10 Å². The highest BCUT2D eigenvalue weighted by molar-refractivity contribution is 5.89. The number of hydrogen-bond donors (Lipinski definition) is 3. The molecule has 0 bridgehead atoms. The Bertz CT molecular complexity index is 1150. The van der Waals surface area contributed by atoms with Crippen molar-refractivity contribution >= 4 is 34.7 Å². The molecule has 10 nitrogen and oxygen atoms in total. The third-order valence-corrected chi connectivity index (χ3v) is 5.59. The third-order valence-electron chi connectivity index (χ3n) is 5.59. The molecule has 1 aliphatic carbocycles. The lowest BCUT2D eigenvalue weighted by Gasteiger charge is -2.24. The number of nitrogens with zero attached hydrogens (tertiary/aromatic N) is 5. The molecule has 1 aliphatic heterocycles. The van der Waals surface area contributed by atoms with Gasteiger partial charge in [-0.05, 0) is 46.2 Å². The second-order valence-electron chi connectivity index (χ2n) is 9.37. The SMILES string of the molecule is CC.Cc1cc(Nc2nc(N3CC4CC4(NC(=O)OC(C)(C)C)C3)nc3ncccc23)n[nH]1. The number of carbonyl (C=O) groups is 1. The maximum atomic E-state index is 12.3. The number of ether oxygens (including phenoxy) is 1.